The first-order chi connectivity index (χ1) is 13.1. The molecule has 0 aliphatic heterocycles. The van der Waals surface area contributed by atoms with E-state index in [0.717, 1.165) is 24.2 Å². The number of carbonyl (C=O) groups is 2. The fourth-order valence-electron chi connectivity index (χ4n) is 6.37. The van der Waals surface area contributed by atoms with Gasteiger partial charge in [-0.25, -0.2) is 0 Å². The molecule has 154 valence electrons. The molecule has 2 unspecified atom stereocenters. The predicted octanol–water partition coefficient (Wildman–Crippen LogP) is 5.95. The number of ether oxygens (including phenoxy) is 1. The molecule has 0 spiro atoms. The van der Waals surface area contributed by atoms with Crippen molar-refractivity contribution >= 4 is 11.8 Å². The molecule has 0 heterocycles. The molecule has 0 N–H and O–H groups in total. The Kier molecular flexibility index (Phi) is 7.78. The quantitative estimate of drug-likeness (QED) is 0.425. The van der Waals surface area contributed by atoms with E-state index in [4.69, 9.17) is 4.74 Å². The van der Waals surface area contributed by atoms with E-state index in [2.05, 4.69) is 6.92 Å². The van der Waals surface area contributed by atoms with Crippen LogP contribution in [0.1, 0.15) is 96.8 Å². The van der Waals surface area contributed by atoms with Gasteiger partial charge in [-0.1, -0.05) is 39.0 Å². The molecule has 0 aromatic heterocycles. The summed E-state index contributed by atoms with van der Waals surface area (Å²) in [6.45, 7) is 2.31. The van der Waals surface area contributed by atoms with Crippen LogP contribution in [-0.4, -0.2) is 18.9 Å². The van der Waals surface area contributed by atoms with Gasteiger partial charge in [-0.15, -0.1) is 0 Å². The average Bonchev–Trinajstić information content (AvgIpc) is 2.72. The monoisotopic (exact) mass is 376 g/mol. The summed E-state index contributed by atoms with van der Waals surface area (Å²) in [6.07, 6.45) is 17.8. The van der Waals surface area contributed by atoms with Crippen molar-refractivity contribution in [2.24, 2.45) is 35.5 Å². The maximum Gasteiger partial charge on any atom is 0.316 e. The highest BCUT2D eigenvalue weighted by Crippen LogP contribution is 2.45. The molecule has 3 saturated carbocycles. The van der Waals surface area contributed by atoms with Crippen molar-refractivity contribution < 1.29 is 14.3 Å². The molecule has 3 nitrogen and oxygen atoms in total. The van der Waals surface area contributed by atoms with Crippen LogP contribution in [0.2, 0.25) is 0 Å². The van der Waals surface area contributed by atoms with Crippen molar-refractivity contribution in [2.75, 3.05) is 7.11 Å². The topological polar surface area (TPSA) is 43.4 Å². The maximum atomic E-state index is 12.4. The molecule has 0 aromatic carbocycles. The minimum absolute atomic E-state index is 0.130. The third kappa shape index (κ3) is 5.35. The Morgan fingerprint density at radius 1 is 0.852 bits per heavy atom. The van der Waals surface area contributed by atoms with E-state index in [1.807, 2.05) is 0 Å². The van der Waals surface area contributed by atoms with E-state index in [-0.39, 0.29) is 11.8 Å². The molecule has 3 fully saturated rings. The molecular formula is C24H40O3. The van der Waals surface area contributed by atoms with E-state index in [1.54, 1.807) is 0 Å². The Morgan fingerprint density at radius 2 is 1.37 bits per heavy atom. The van der Waals surface area contributed by atoms with Gasteiger partial charge in [0.2, 0.25) is 0 Å². The normalized spacial score (nSPS) is 37.8. The van der Waals surface area contributed by atoms with Crippen molar-refractivity contribution in [3.63, 3.8) is 0 Å². The van der Waals surface area contributed by atoms with Gasteiger partial charge in [-0.3, -0.25) is 9.59 Å². The molecule has 2 atom stereocenters. The molecule has 3 rings (SSSR count). The van der Waals surface area contributed by atoms with E-state index in [1.165, 1.54) is 77.7 Å². The van der Waals surface area contributed by atoms with Crippen LogP contribution in [0.5, 0.6) is 0 Å². The average molecular weight is 377 g/mol. The Balaban J connectivity index is 1.40. The standard InChI is InChI=1S/C24H40O3/c1-3-4-5-17-6-8-18(9-7-17)19-10-12-20(13-11-19)21-14-15-22(23(25)16-21)24(26)27-2/h17-22H,3-16H2,1-2H3/t17-,18-,19-,20-,21?,22?. The van der Waals surface area contributed by atoms with E-state index >= 15 is 0 Å². The van der Waals surface area contributed by atoms with E-state index in [9.17, 15) is 9.59 Å². The summed E-state index contributed by atoms with van der Waals surface area (Å²) in [4.78, 5) is 24.1. The lowest BCUT2D eigenvalue weighted by Gasteiger charge is -2.41. The fourth-order valence-corrected chi connectivity index (χ4v) is 6.37. The Labute approximate surface area is 166 Å². The molecule has 0 amide bonds. The van der Waals surface area contributed by atoms with Crippen LogP contribution in [0, 0.1) is 35.5 Å². The second-order valence-corrected chi connectivity index (χ2v) is 9.68. The van der Waals surface area contributed by atoms with Gasteiger partial charge in [0.15, 0.2) is 0 Å². The highest BCUT2D eigenvalue weighted by molar-refractivity contribution is 5.99. The highest BCUT2D eigenvalue weighted by atomic mass is 16.5. The van der Waals surface area contributed by atoms with Crippen LogP contribution >= 0.6 is 0 Å². The van der Waals surface area contributed by atoms with E-state index < -0.39 is 5.92 Å². The number of hydrogen-bond donors (Lipinski definition) is 0. The lowest BCUT2D eigenvalue weighted by molar-refractivity contribution is -0.151. The summed E-state index contributed by atoms with van der Waals surface area (Å²) < 4.78 is 4.79. The molecular weight excluding hydrogens is 336 g/mol. The molecule has 27 heavy (non-hydrogen) atoms. The molecule has 3 aliphatic rings. The van der Waals surface area contributed by atoms with Crippen LogP contribution < -0.4 is 0 Å². The van der Waals surface area contributed by atoms with E-state index in [0.29, 0.717) is 24.7 Å². The van der Waals surface area contributed by atoms with Crippen LogP contribution in [0.25, 0.3) is 0 Å². The zero-order valence-electron chi connectivity index (χ0n) is 17.6. The summed E-state index contributed by atoms with van der Waals surface area (Å²) >= 11 is 0. The van der Waals surface area contributed by atoms with Crippen molar-refractivity contribution in [3.05, 3.63) is 0 Å². The SMILES string of the molecule is CCCC[C@H]1CC[C@H]([C@H]2CC[C@H](C3CCC(C(=O)OC)C(=O)C3)CC2)CC1. The maximum absolute atomic E-state index is 12.4. The third-order valence-electron chi connectivity index (χ3n) is 8.17. The second-order valence-electron chi connectivity index (χ2n) is 9.68. The van der Waals surface area contributed by atoms with Crippen molar-refractivity contribution in [1.29, 1.82) is 0 Å². The number of hydrogen-bond acceptors (Lipinski definition) is 3. The predicted molar refractivity (Wildman–Crippen MR) is 108 cm³/mol. The third-order valence-corrected chi connectivity index (χ3v) is 8.17. The molecule has 0 bridgehead atoms. The number of Topliss-reactive ketones (excluding diaryl/α,β-unsaturated/α-hetero) is 1. The smallest absolute Gasteiger partial charge is 0.316 e. The first kappa shape index (κ1) is 20.9. The van der Waals surface area contributed by atoms with Crippen LogP contribution in [0.15, 0.2) is 0 Å². The molecule has 0 saturated heterocycles. The van der Waals surface area contributed by atoms with Gasteiger partial charge in [-0.05, 0) is 81.0 Å². The summed E-state index contributed by atoms with van der Waals surface area (Å²) in [7, 11) is 1.39. The lowest BCUT2D eigenvalue weighted by atomic mass is 9.64. The van der Waals surface area contributed by atoms with Gasteiger partial charge < -0.3 is 4.74 Å². The second kappa shape index (κ2) is 10.1. The first-order valence-electron chi connectivity index (χ1n) is 11.7. The van der Waals surface area contributed by atoms with Crippen LogP contribution in [0.4, 0.5) is 0 Å². The Bertz CT molecular complexity index is 484. The zero-order chi connectivity index (χ0) is 19.2. The number of ketones is 1. The largest absolute Gasteiger partial charge is 0.468 e. The van der Waals surface area contributed by atoms with Crippen molar-refractivity contribution in [3.8, 4) is 0 Å². The van der Waals surface area contributed by atoms with Crippen LogP contribution in [0.3, 0.4) is 0 Å². The summed E-state index contributed by atoms with van der Waals surface area (Å²) in [5, 5.41) is 0. The number of methoxy groups -OCH3 is 1. The van der Waals surface area contributed by atoms with Gasteiger partial charge in [0.25, 0.3) is 0 Å². The minimum atomic E-state index is -0.481. The Hall–Kier alpha value is -0.860. The highest BCUT2D eigenvalue weighted by Gasteiger charge is 2.39. The lowest BCUT2D eigenvalue weighted by Crippen LogP contribution is -2.36. The molecule has 3 aliphatic carbocycles. The number of unbranched alkanes of at least 4 members (excludes halogenated alkanes) is 1. The van der Waals surface area contributed by atoms with Crippen molar-refractivity contribution in [1.82, 2.24) is 0 Å². The molecule has 0 aromatic rings. The van der Waals surface area contributed by atoms with Crippen molar-refractivity contribution in [2.45, 2.75) is 96.8 Å². The summed E-state index contributed by atoms with van der Waals surface area (Å²) in [5.41, 5.74) is 0. The molecule has 3 heteroatoms. The van der Waals surface area contributed by atoms with Gasteiger partial charge in [0.1, 0.15) is 11.7 Å². The number of carbonyl (C=O) groups excluding carboxylic acids is 2. The summed E-state index contributed by atoms with van der Waals surface area (Å²) in [6, 6.07) is 0. The van der Waals surface area contributed by atoms with Gasteiger partial charge in [0, 0.05) is 6.42 Å². The number of rotatable bonds is 6. The number of esters is 1. The summed E-state index contributed by atoms with van der Waals surface area (Å²) in [5.74, 6) is 3.48. The first-order valence-corrected chi connectivity index (χ1v) is 11.7. The van der Waals surface area contributed by atoms with Gasteiger partial charge in [0.05, 0.1) is 7.11 Å². The van der Waals surface area contributed by atoms with Crippen LogP contribution in [-0.2, 0) is 14.3 Å². The fraction of sp³-hybridized carbons (Fsp3) is 0.917. The zero-order valence-corrected chi connectivity index (χ0v) is 17.6. The minimum Gasteiger partial charge on any atom is -0.468 e. The van der Waals surface area contributed by atoms with Gasteiger partial charge in [-0.2, -0.15) is 0 Å². The van der Waals surface area contributed by atoms with Gasteiger partial charge >= 0.3 is 5.97 Å². The Morgan fingerprint density at radius 3 is 1.89 bits per heavy atom. The molecule has 0 radical (unpaired) electrons.